The summed E-state index contributed by atoms with van der Waals surface area (Å²) >= 11 is 1.23. The first kappa shape index (κ1) is 22.3. The minimum Gasteiger partial charge on any atom is -0.354 e. The molecule has 3 heterocycles. The van der Waals surface area contributed by atoms with Crippen LogP contribution in [0.25, 0.3) is 11.3 Å². The highest BCUT2D eigenvalue weighted by Crippen LogP contribution is 2.38. The minimum atomic E-state index is -4.62. The van der Waals surface area contributed by atoms with E-state index in [4.69, 9.17) is 0 Å². The lowest BCUT2D eigenvalue weighted by Crippen LogP contribution is -2.43. The van der Waals surface area contributed by atoms with Gasteiger partial charge in [-0.3, -0.25) is 0 Å². The number of nitrogens with zero attached hydrogens (tertiary/aromatic N) is 3. The third-order valence-electron chi connectivity index (χ3n) is 5.09. The van der Waals surface area contributed by atoms with Gasteiger partial charge in [-0.2, -0.15) is 13.2 Å². The smallest absolute Gasteiger partial charge is 0.354 e. The average Bonchev–Trinajstić information content (AvgIpc) is 2.79. The molecule has 0 atom stereocenters. The van der Waals surface area contributed by atoms with Crippen molar-refractivity contribution in [1.29, 1.82) is 0 Å². The Morgan fingerprint density at radius 3 is 2.59 bits per heavy atom. The maximum absolute atomic E-state index is 13.8. The molecule has 3 aromatic rings. The lowest BCUT2D eigenvalue weighted by molar-refractivity contribution is -0.137. The van der Waals surface area contributed by atoms with E-state index in [1.54, 1.807) is 13.1 Å². The molecule has 0 amide bonds. The van der Waals surface area contributed by atoms with Crippen molar-refractivity contribution in [3.05, 3.63) is 65.6 Å². The molecule has 0 saturated carbocycles. The summed E-state index contributed by atoms with van der Waals surface area (Å²) in [6.07, 6.45) is -2.92. The van der Waals surface area contributed by atoms with Gasteiger partial charge in [0.2, 0.25) is 0 Å². The van der Waals surface area contributed by atoms with E-state index in [9.17, 15) is 17.6 Å². The molecule has 168 valence electrons. The zero-order chi connectivity index (χ0) is 22.7. The van der Waals surface area contributed by atoms with Gasteiger partial charge in [-0.25, -0.2) is 14.4 Å². The molecule has 4 rings (SSSR count). The van der Waals surface area contributed by atoms with Crippen LogP contribution in [-0.4, -0.2) is 36.1 Å². The Morgan fingerprint density at radius 1 is 1.06 bits per heavy atom. The number of nitrogens with one attached hydrogen (secondary N) is 2. The van der Waals surface area contributed by atoms with Crippen molar-refractivity contribution in [2.75, 3.05) is 35.8 Å². The van der Waals surface area contributed by atoms with Crippen LogP contribution >= 0.6 is 11.9 Å². The molecule has 0 bridgehead atoms. The average molecular weight is 464 g/mol. The van der Waals surface area contributed by atoms with Gasteiger partial charge in [0, 0.05) is 42.8 Å². The molecular formula is C22H21F4N5S. The summed E-state index contributed by atoms with van der Waals surface area (Å²) in [7, 11) is 0. The van der Waals surface area contributed by atoms with Gasteiger partial charge >= 0.3 is 6.18 Å². The topological polar surface area (TPSA) is 53.1 Å². The number of pyridine rings is 2. The van der Waals surface area contributed by atoms with Gasteiger partial charge in [0.25, 0.3) is 0 Å². The van der Waals surface area contributed by atoms with Crippen LogP contribution in [-0.2, 0) is 6.18 Å². The molecule has 2 N–H and O–H groups in total. The number of rotatable bonds is 5. The van der Waals surface area contributed by atoms with Crippen molar-refractivity contribution >= 4 is 23.6 Å². The number of hydrogen-bond acceptors (Lipinski definition) is 6. The molecule has 1 aliphatic heterocycles. The summed E-state index contributed by atoms with van der Waals surface area (Å²) in [6, 6.07) is 9.70. The van der Waals surface area contributed by atoms with Gasteiger partial charge in [-0.15, -0.1) is 0 Å². The van der Waals surface area contributed by atoms with Crippen molar-refractivity contribution in [2.45, 2.75) is 18.0 Å². The Hall–Kier alpha value is -2.85. The SMILES string of the molecule is Cc1ccc(F)cc1-c1nc(NSc2ccnc(N3CCNCC3)c2)ccc1C(F)(F)F. The predicted octanol–water partition coefficient (Wildman–Crippen LogP) is 5.14. The van der Waals surface area contributed by atoms with Crippen LogP contribution in [0.15, 0.2) is 53.6 Å². The lowest BCUT2D eigenvalue weighted by atomic mass is 10.0. The van der Waals surface area contributed by atoms with Crippen molar-refractivity contribution in [3.8, 4) is 11.3 Å². The van der Waals surface area contributed by atoms with E-state index in [2.05, 4.69) is 24.9 Å². The van der Waals surface area contributed by atoms with E-state index in [1.807, 2.05) is 12.1 Å². The van der Waals surface area contributed by atoms with Crippen LogP contribution in [0.1, 0.15) is 11.1 Å². The normalized spacial score (nSPS) is 14.5. The van der Waals surface area contributed by atoms with Gasteiger partial charge in [0.05, 0.1) is 11.3 Å². The molecule has 1 aliphatic rings. The van der Waals surface area contributed by atoms with Crippen LogP contribution in [0.3, 0.4) is 0 Å². The van der Waals surface area contributed by atoms with Gasteiger partial charge in [0.15, 0.2) is 0 Å². The monoisotopic (exact) mass is 463 g/mol. The van der Waals surface area contributed by atoms with Crippen molar-refractivity contribution in [1.82, 2.24) is 15.3 Å². The Balaban J connectivity index is 1.59. The maximum Gasteiger partial charge on any atom is 0.418 e. The zero-order valence-electron chi connectivity index (χ0n) is 17.2. The predicted molar refractivity (Wildman–Crippen MR) is 118 cm³/mol. The highest BCUT2D eigenvalue weighted by atomic mass is 32.2. The molecular weight excluding hydrogens is 442 g/mol. The van der Waals surface area contributed by atoms with Crippen LogP contribution in [0.4, 0.5) is 29.2 Å². The Bertz CT molecular complexity index is 1100. The number of aryl methyl sites for hydroxylation is 1. The highest BCUT2D eigenvalue weighted by molar-refractivity contribution is 8.00. The number of aromatic nitrogens is 2. The van der Waals surface area contributed by atoms with E-state index >= 15 is 0 Å². The van der Waals surface area contributed by atoms with E-state index in [0.717, 1.165) is 49.0 Å². The molecule has 1 aromatic carbocycles. The van der Waals surface area contributed by atoms with Crippen molar-refractivity contribution in [3.63, 3.8) is 0 Å². The fraction of sp³-hybridized carbons (Fsp3) is 0.273. The Kier molecular flexibility index (Phi) is 6.52. The molecule has 0 radical (unpaired) electrons. The molecule has 0 aliphatic carbocycles. The number of alkyl halides is 3. The largest absolute Gasteiger partial charge is 0.418 e. The van der Waals surface area contributed by atoms with Crippen molar-refractivity contribution in [2.24, 2.45) is 0 Å². The minimum absolute atomic E-state index is 0.107. The molecule has 1 fully saturated rings. The third-order valence-corrected chi connectivity index (χ3v) is 5.89. The molecule has 32 heavy (non-hydrogen) atoms. The second kappa shape index (κ2) is 9.33. The van der Waals surface area contributed by atoms with Crippen LogP contribution in [0.5, 0.6) is 0 Å². The standard InChI is InChI=1S/C22H21F4N5S/c1-14-2-3-15(23)12-17(14)21-18(22(24,25)26)4-5-19(29-21)30-32-16-6-7-28-20(13-16)31-10-8-27-9-11-31/h2-7,12-13,27H,8-11H2,1H3,(H,29,30). The van der Waals surface area contributed by atoms with E-state index in [1.165, 1.54) is 30.1 Å². The summed E-state index contributed by atoms with van der Waals surface area (Å²) < 4.78 is 57.6. The van der Waals surface area contributed by atoms with E-state index in [0.29, 0.717) is 5.56 Å². The lowest BCUT2D eigenvalue weighted by Gasteiger charge is -2.28. The van der Waals surface area contributed by atoms with Crippen LogP contribution in [0, 0.1) is 12.7 Å². The number of halogens is 4. The first-order valence-corrected chi connectivity index (χ1v) is 10.8. The van der Waals surface area contributed by atoms with Gasteiger partial charge in [-0.1, -0.05) is 6.07 Å². The number of piperazine rings is 1. The summed E-state index contributed by atoms with van der Waals surface area (Å²) in [6.45, 7) is 5.10. The first-order valence-electron chi connectivity index (χ1n) is 10.0. The number of hydrogen-bond donors (Lipinski definition) is 2. The van der Waals surface area contributed by atoms with E-state index in [-0.39, 0.29) is 17.1 Å². The first-order chi connectivity index (χ1) is 15.3. The molecule has 1 saturated heterocycles. The van der Waals surface area contributed by atoms with Gasteiger partial charge in [-0.05, 0) is 60.8 Å². The Morgan fingerprint density at radius 2 is 1.84 bits per heavy atom. The third kappa shape index (κ3) is 5.13. The van der Waals surface area contributed by atoms with Gasteiger partial charge < -0.3 is 14.9 Å². The van der Waals surface area contributed by atoms with Gasteiger partial charge in [0.1, 0.15) is 17.5 Å². The van der Waals surface area contributed by atoms with E-state index < -0.39 is 17.6 Å². The number of anilines is 2. The molecule has 10 heteroatoms. The Labute approximate surface area is 187 Å². The fourth-order valence-electron chi connectivity index (χ4n) is 3.44. The fourth-order valence-corrected chi connectivity index (χ4v) is 4.07. The maximum atomic E-state index is 13.8. The number of benzene rings is 1. The van der Waals surface area contributed by atoms with Crippen LogP contribution < -0.4 is 14.9 Å². The second-order valence-electron chi connectivity index (χ2n) is 7.34. The zero-order valence-corrected chi connectivity index (χ0v) is 18.0. The highest BCUT2D eigenvalue weighted by Gasteiger charge is 2.35. The summed E-state index contributed by atoms with van der Waals surface area (Å²) in [5.74, 6) is 0.461. The summed E-state index contributed by atoms with van der Waals surface area (Å²) in [5.41, 5.74) is -0.608. The second-order valence-corrected chi connectivity index (χ2v) is 8.22. The quantitative estimate of drug-likeness (QED) is 0.404. The summed E-state index contributed by atoms with van der Waals surface area (Å²) in [4.78, 5) is 11.6. The molecule has 0 spiro atoms. The van der Waals surface area contributed by atoms with Crippen molar-refractivity contribution < 1.29 is 17.6 Å². The molecule has 5 nitrogen and oxygen atoms in total. The molecule has 0 unspecified atom stereocenters. The summed E-state index contributed by atoms with van der Waals surface area (Å²) in [5, 5.41) is 3.29. The molecule has 2 aromatic heterocycles. The van der Waals surface area contributed by atoms with Crippen LogP contribution in [0.2, 0.25) is 0 Å².